The van der Waals surface area contributed by atoms with E-state index in [0.29, 0.717) is 6.42 Å². The number of halogens is 1. The Morgan fingerprint density at radius 1 is 1.20 bits per heavy atom. The molecule has 4 heteroatoms. The largest absolute Gasteiger partial charge is 0.457 e. The minimum atomic E-state index is -0.118. The first kappa shape index (κ1) is 15.0. The highest BCUT2D eigenvalue weighted by atomic mass is 79.9. The fraction of sp³-hybridized carbons (Fsp3) is 0.250. The molecule has 3 N–H and O–H groups in total. The molecule has 1 atom stereocenters. The lowest BCUT2D eigenvalue weighted by Crippen LogP contribution is -2.07. The van der Waals surface area contributed by atoms with Crippen LogP contribution in [0.25, 0.3) is 0 Å². The molecular formula is C16H18BrNO2. The zero-order valence-corrected chi connectivity index (χ0v) is 12.9. The Morgan fingerprint density at radius 3 is 2.65 bits per heavy atom. The van der Waals surface area contributed by atoms with Crippen molar-refractivity contribution in [3.63, 3.8) is 0 Å². The van der Waals surface area contributed by atoms with Gasteiger partial charge in [0.15, 0.2) is 0 Å². The first-order valence-corrected chi connectivity index (χ1v) is 7.32. The summed E-state index contributed by atoms with van der Waals surface area (Å²) in [6.07, 6.45) is 0.570. The van der Waals surface area contributed by atoms with Crippen molar-refractivity contribution < 1.29 is 9.84 Å². The van der Waals surface area contributed by atoms with E-state index in [1.807, 2.05) is 49.4 Å². The predicted molar refractivity (Wildman–Crippen MR) is 84.1 cm³/mol. The molecule has 0 aliphatic heterocycles. The summed E-state index contributed by atoms with van der Waals surface area (Å²) >= 11 is 3.45. The third-order valence-corrected chi connectivity index (χ3v) is 3.53. The van der Waals surface area contributed by atoms with Crippen LogP contribution in [0.4, 0.5) is 0 Å². The maximum absolute atomic E-state index is 9.11. The van der Waals surface area contributed by atoms with Crippen LogP contribution in [0.3, 0.4) is 0 Å². The molecular weight excluding hydrogens is 318 g/mol. The van der Waals surface area contributed by atoms with E-state index in [9.17, 15) is 0 Å². The van der Waals surface area contributed by atoms with Gasteiger partial charge in [0.2, 0.25) is 0 Å². The lowest BCUT2D eigenvalue weighted by atomic mass is 10.1. The molecule has 0 fully saturated rings. The highest BCUT2D eigenvalue weighted by Crippen LogP contribution is 2.32. The normalized spacial score (nSPS) is 12.2. The number of hydrogen-bond acceptors (Lipinski definition) is 3. The van der Waals surface area contributed by atoms with Gasteiger partial charge in [0.05, 0.1) is 0 Å². The van der Waals surface area contributed by atoms with Gasteiger partial charge in [-0.2, -0.15) is 0 Å². The van der Waals surface area contributed by atoms with Gasteiger partial charge >= 0.3 is 0 Å². The van der Waals surface area contributed by atoms with Gasteiger partial charge < -0.3 is 15.6 Å². The summed E-state index contributed by atoms with van der Waals surface area (Å²) in [6, 6.07) is 13.4. The number of benzene rings is 2. The fourth-order valence-corrected chi connectivity index (χ4v) is 2.40. The molecule has 2 aromatic carbocycles. The molecule has 20 heavy (non-hydrogen) atoms. The molecule has 2 rings (SSSR count). The summed E-state index contributed by atoms with van der Waals surface area (Å²) in [7, 11) is 0. The van der Waals surface area contributed by atoms with E-state index in [0.717, 1.165) is 27.1 Å². The first-order chi connectivity index (χ1) is 9.61. The van der Waals surface area contributed by atoms with Gasteiger partial charge in [0, 0.05) is 22.7 Å². The monoisotopic (exact) mass is 335 g/mol. The predicted octanol–water partition coefficient (Wildman–Crippen LogP) is 3.80. The van der Waals surface area contributed by atoms with E-state index in [1.54, 1.807) is 0 Å². The molecule has 106 valence electrons. The zero-order valence-electron chi connectivity index (χ0n) is 11.3. The SMILES string of the molecule is CC(N)c1cc(Br)ccc1Oc1ccccc1CCO. The maximum atomic E-state index is 9.11. The van der Waals surface area contributed by atoms with Gasteiger partial charge in [0.25, 0.3) is 0 Å². The summed E-state index contributed by atoms with van der Waals surface area (Å²) in [5, 5.41) is 9.11. The minimum absolute atomic E-state index is 0.0981. The Morgan fingerprint density at radius 2 is 1.95 bits per heavy atom. The third kappa shape index (κ3) is 3.60. The van der Waals surface area contributed by atoms with E-state index in [1.165, 1.54) is 0 Å². The molecule has 0 saturated carbocycles. The van der Waals surface area contributed by atoms with Crippen molar-refractivity contribution in [2.75, 3.05) is 6.61 Å². The lowest BCUT2D eigenvalue weighted by molar-refractivity contribution is 0.298. The van der Waals surface area contributed by atoms with Crippen molar-refractivity contribution >= 4 is 15.9 Å². The van der Waals surface area contributed by atoms with Crippen molar-refractivity contribution in [3.8, 4) is 11.5 Å². The number of ether oxygens (including phenoxy) is 1. The van der Waals surface area contributed by atoms with Crippen molar-refractivity contribution in [2.24, 2.45) is 5.73 Å². The van der Waals surface area contributed by atoms with Crippen LogP contribution in [0.2, 0.25) is 0 Å². The molecule has 0 amide bonds. The van der Waals surface area contributed by atoms with Crippen molar-refractivity contribution in [1.29, 1.82) is 0 Å². The number of aliphatic hydroxyl groups is 1. The molecule has 0 bridgehead atoms. The molecule has 3 nitrogen and oxygen atoms in total. The fourth-order valence-electron chi connectivity index (χ4n) is 2.02. The molecule has 0 aromatic heterocycles. The van der Waals surface area contributed by atoms with Crippen LogP contribution in [0.1, 0.15) is 24.1 Å². The Balaban J connectivity index is 2.35. The topological polar surface area (TPSA) is 55.5 Å². The Labute approximate surface area is 127 Å². The highest BCUT2D eigenvalue weighted by Gasteiger charge is 2.11. The van der Waals surface area contributed by atoms with Gasteiger partial charge in [-0.1, -0.05) is 34.1 Å². The van der Waals surface area contributed by atoms with Gasteiger partial charge in [-0.15, -0.1) is 0 Å². The van der Waals surface area contributed by atoms with Crippen LogP contribution in [0, 0.1) is 0 Å². The Hall–Kier alpha value is -1.36. The van der Waals surface area contributed by atoms with Crippen LogP contribution in [0.15, 0.2) is 46.9 Å². The van der Waals surface area contributed by atoms with Crippen molar-refractivity contribution in [3.05, 3.63) is 58.1 Å². The second-order valence-corrected chi connectivity index (χ2v) is 5.57. The number of para-hydroxylation sites is 1. The average Bonchev–Trinajstić information content (AvgIpc) is 2.43. The quantitative estimate of drug-likeness (QED) is 0.873. The van der Waals surface area contributed by atoms with Crippen LogP contribution < -0.4 is 10.5 Å². The molecule has 0 radical (unpaired) electrons. The molecule has 2 aromatic rings. The van der Waals surface area contributed by atoms with Crippen LogP contribution in [-0.4, -0.2) is 11.7 Å². The van der Waals surface area contributed by atoms with Gasteiger partial charge in [-0.3, -0.25) is 0 Å². The standard InChI is InChI=1S/C16H18BrNO2/c1-11(18)14-10-13(17)6-7-16(14)20-15-5-3-2-4-12(15)8-9-19/h2-7,10-11,19H,8-9,18H2,1H3. The number of nitrogens with two attached hydrogens (primary N) is 1. The Bertz CT molecular complexity index is 584. The number of hydrogen-bond donors (Lipinski definition) is 2. The van der Waals surface area contributed by atoms with E-state index in [2.05, 4.69) is 15.9 Å². The second kappa shape index (κ2) is 6.88. The smallest absolute Gasteiger partial charge is 0.132 e. The van der Waals surface area contributed by atoms with Gasteiger partial charge in [0.1, 0.15) is 11.5 Å². The Kier molecular flexibility index (Phi) is 5.17. The van der Waals surface area contributed by atoms with Gasteiger partial charge in [-0.05, 0) is 43.2 Å². The van der Waals surface area contributed by atoms with E-state index >= 15 is 0 Å². The lowest BCUT2D eigenvalue weighted by Gasteiger charge is -2.16. The van der Waals surface area contributed by atoms with Crippen LogP contribution in [0.5, 0.6) is 11.5 Å². The summed E-state index contributed by atoms with van der Waals surface area (Å²) in [6.45, 7) is 2.02. The first-order valence-electron chi connectivity index (χ1n) is 6.53. The van der Waals surface area contributed by atoms with Crippen molar-refractivity contribution in [1.82, 2.24) is 0 Å². The summed E-state index contributed by atoms with van der Waals surface area (Å²) < 4.78 is 6.97. The molecule has 0 aliphatic carbocycles. The molecule has 0 spiro atoms. The van der Waals surface area contributed by atoms with Crippen LogP contribution in [-0.2, 0) is 6.42 Å². The highest BCUT2D eigenvalue weighted by molar-refractivity contribution is 9.10. The average molecular weight is 336 g/mol. The van der Waals surface area contributed by atoms with E-state index in [-0.39, 0.29) is 12.6 Å². The van der Waals surface area contributed by atoms with E-state index < -0.39 is 0 Å². The summed E-state index contributed by atoms with van der Waals surface area (Å²) in [5.41, 5.74) is 7.92. The second-order valence-electron chi connectivity index (χ2n) is 4.65. The molecule has 0 heterocycles. The van der Waals surface area contributed by atoms with Gasteiger partial charge in [-0.25, -0.2) is 0 Å². The molecule has 0 aliphatic rings. The van der Waals surface area contributed by atoms with E-state index in [4.69, 9.17) is 15.6 Å². The summed E-state index contributed by atoms with van der Waals surface area (Å²) in [5.74, 6) is 1.50. The molecule has 0 saturated heterocycles. The zero-order chi connectivity index (χ0) is 14.5. The third-order valence-electron chi connectivity index (χ3n) is 3.04. The number of rotatable bonds is 5. The summed E-state index contributed by atoms with van der Waals surface area (Å²) in [4.78, 5) is 0. The maximum Gasteiger partial charge on any atom is 0.132 e. The number of aliphatic hydroxyl groups excluding tert-OH is 1. The minimum Gasteiger partial charge on any atom is -0.457 e. The molecule has 1 unspecified atom stereocenters. The van der Waals surface area contributed by atoms with Crippen molar-refractivity contribution in [2.45, 2.75) is 19.4 Å². The van der Waals surface area contributed by atoms with Crippen LogP contribution >= 0.6 is 15.9 Å².